The number of Topliss-reactive ketones (excluding diaryl/α,β-unsaturated/α-hetero) is 1. The van der Waals surface area contributed by atoms with E-state index in [0.717, 1.165) is 5.56 Å². The van der Waals surface area contributed by atoms with Crippen LogP contribution in [0.15, 0.2) is 34.9 Å². The van der Waals surface area contributed by atoms with E-state index in [4.69, 9.17) is 4.52 Å². The fourth-order valence-electron chi connectivity index (χ4n) is 1.35. The maximum Gasteiger partial charge on any atom is 0.258 e. The predicted molar refractivity (Wildman–Crippen MR) is 63.5 cm³/mol. The Labute approximate surface area is 99.7 Å². The molecule has 0 spiro atoms. The van der Waals surface area contributed by atoms with Gasteiger partial charge in [0.25, 0.3) is 5.89 Å². The molecule has 0 aliphatic rings. The van der Waals surface area contributed by atoms with E-state index >= 15 is 0 Å². The Hall–Kier alpha value is -1.97. The first-order valence-corrected chi connectivity index (χ1v) is 5.42. The van der Waals surface area contributed by atoms with Crippen molar-refractivity contribution >= 4 is 5.78 Å². The summed E-state index contributed by atoms with van der Waals surface area (Å²) in [6.07, 6.45) is 0. The molecule has 0 radical (unpaired) electrons. The second-order valence-corrected chi connectivity index (χ2v) is 4.87. The fourth-order valence-corrected chi connectivity index (χ4v) is 1.35. The molecule has 0 N–H and O–H groups in total. The molecule has 2 rings (SSSR count). The maximum atomic E-state index is 11.9. The summed E-state index contributed by atoms with van der Waals surface area (Å²) in [5.41, 5.74) is 0.311. The molecular formula is C13H14N2O2. The molecule has 2 aromatic rings. The van der Waals surface area contributed by atoms with Crippen LogP contribution in [0.2, 0.25) is 0 Å². The Morgan fingerprint density at radius 1 is 1.18 bits per heavy atom. The lowest BCUT2D eigenvalue weighted by atomic mass is 9.90. The minimum absolute atomic E-state index is 0.122. The van der Waals surface area contributed by atoms with Crippen LogP contribution < -0.4 is 0 Å². The Balaban J connectivity index is 2.32. The van der Waals surface area contributed by atoms with Crippen molar-refractivity contribution in [3.63, 3.8) is 0 Å². The standard InChI is InChI=1S/C13H14N2O2/c1-13(2,3)10(16)11-14-12(17-15-11)9-7-5-4-6-8-9/h4-8H,1-3H3. The summed E-state index contributed by atoms with van der Waals surface area (Å²) in [6, 6.07) is 9.38. The zero-order valence-corrected chi connectivity index (χ0v) is 10.1. The lowest BCUT2D eigenvalue weighted by molar-refractivity contribution is 0.0844. The van der Waals surface area contributed by atoms with Gasteiger partial charge in [0.05, 0.1) is 0 Å². The highest BCUT2D eigenvalue weighted by Crippen LogP contribution is 2.21. The van der Waals surface area contributed by atoms with E-state index in [1.54, 1.807) is 0 Å². The maximum absolute atomic E-state index is 11.9. The molecule has 88 valence electrons. The number of benzene rings is 1. The molecule has 1 aromatic heterocycles. The lowest BCUT2D eigenvalue weighted by Crippen LogP contribution is -2.21. The third-order valence-electron chi connectivity index (χ3n) is 2.33. The van der Waals surface area contributed by atoms with Gasteiger partial charge in [0.1, 0.15) is 0 Å². The minimum Gasteiger partial charge on any atom is -0.334 e. The minimum atomic E-state index is -0.502. The molecule has 0 aliphatic heterocycles. The van der Waals surface area contributed by atoms with Gasteiger partial charge < -0.3 is 4.52 Å². The third-order valence-corrected chi connectivity index (χ3v) is 2.33. The van der Waals surface area contributed by atoms with Crippen molar-refractivity contribution in [2.75, 3.05) is 0 Å². The fraction of sp³-hybridized carbons (Fsp3) is 0.308. The molecule has 0 unspecified atom stereocenters. The van der Waals surface area contributed by atoms with Crippen molar-refractivity contribution in [1.29, 1.82) is 0 Å². The van der Waals surface area contributed by atoms with E-state index in [9.17, 15) is 4.79 Å². The van der Waals surface area contributed by atoms with Crippen LogP contribution in [0.5, 0.6) is 0 Å². The highest BCUT2D eigenvalue weighted by atomic mass is 16.5. The molecule has 0 atom stereocenters. The topological polar surface area (TPSA) is 56.0 Å². The number of rotatable bonds is 2. The van der Waals surface area contributed by atoms with E-state index in [1.807, 2.05) is 51.1 Å². The van der Waals surface area contributed by atoms with Crippen molar-refractivity contribution in [3.05, 3.63) is 36.2 Å². The van der Waals surface area contributed by atoms with Gasteiger partial charge in [-0.25, -0.2) is 0 Å². The van der Waals surface area contributed by atoms with Crippen molar-refractivity contribution in [1.82, 2.24) is 10.1 Å². The van der Waals surface area contributed by atoms with Crippen molar-refractivity contribution < 1.29 is 9.32 Å². The van der Waals surface area contributed by atoms with Crippen LogP contribution in [0.3, 0.4) is 0 Å². The monoisotopic (exact) mass is 230 g/mol. The average molecular weight is 230 g/mol. The summed E-state index contributed by atoms with van der Waals surface area (Å²) < 4.78 is 5.09. The molecular weight excluding hydrogens is 216 g/mol. The summed E-state index contributed by atoms with van der Waals surface area (Å²) in [6.45, 7) is 5.48. The molecule has 17 heavy (non-hydrogen) atoms. The van der Waals surface area contributed by atoms with Crippen LogP contribution in [0.1, 0.15) is 31.4 Å². The van der Waals surface area contributed by atoms with Gasteiger partial charge in [-0.1, -0.05) is 44.1 Å². The van der Waals surface area contributed by atoms with Crippen LogP contribution in [-0.2, 0) is 0 Å². The molecule has 4 nitrogen and oxygen atoms in total. The summed E-state index contributed by atoms with van der Waals surface area (Å²) in [5, 5.41) is 3.72. The average Bonchev–Trinajstić information content (AvgIpc) is 2.77. The van der Waals surface area contributed by atoms with E-state index < -0.39 is 5.41 Å². The first-order valence-electron chi connectivity index (χ1n) is 5.42. The molecule has 0 bridgehead atoms. The first kappa shape index (κ1) is 11.5. The van der Waals surface area contributed by atoms with Gasteiger partial charge in [0.15, 0.2) is 0 Å². The van der Waals surface area contributed by atoms with Gasteiger partial charge in [-0.2, -0.15) is 4.98 Å². The highest BCUT2D eigenvalue weighted by molar-refractivity contribution is 5.96. The summed E-state index contributed by atoms with van der Waals surface area (Å²) in [5.74, 6) is 0.387. The molecule has 0 saturated carbocycles. The smallest absolute Gasteiger partial charge is 0.258 e. The third kappa shape index (κ3) is 2.41. The number of hydrogen-bond donors (Lipinski definition) is 0. The number of nitrogens with zero attached hydrogens (tertiary/aromatic N) is 2. The van der Waals surface area contributed by atoms with Crippen LogP contribution in [0.25, 0.3) is 11.5 Å². The molecule has 0 fully saturated rings. The number of carbonyl (C=O) groups is 1. The van der Waals surface area contributed by atoms with Crippen molar-refractivity contribution in [2.24, 2.45) is 5.41 Å². The largest absolute Gasteiger partial charge is 0.334 e. The molecule has 0 amide bonds. The molecule has 0 aliphatic carbocycles. The quantitative estimate of drug-likeness (QED) is 0.744. The van der Waals surface area contributed by atoms with Crippen LogP contribution in [-0.4, -0.2) is 15.9 Å². The molecule has 1 heterocycles. The number of hydrogen-bond acceptors (Lipinski definition) is 4. The number of aromatic nitrogens is 2. The van der Waals surface area contributed by atoms with Gasteiger partial charge in [-0.05, 0) is 12.1 Å². The Morgan fingerprint density at radius 2 is 1.82 bits per heavy atom. The van der Waals surface area contributed by atoms with E-state index in [2.05, 4.69) is 10.1 Å². The Bertz CT molecular complexity index is 524. The Morgan fingerprint density at radius 3 is 2.41 bits per heavy atom. The van der Waals surface area contributed by atoms with Gasteiger partial charge in [0, 0.05) is 11.0 Å². The molecule has 0 saturated heterocycles. The molecule has 4 heteroatoms. The van der Waals surface area contributed by atoms with Gasteiger partial charge in [0.2, 0.25) is 11.6 Å². The zero-order chi connectivity index (χ0) is 12.5. The SMILES string of the molecule is CC(C)(C)C(=O)c1noc(-c2ccccc2)n1. The zero-order valence-electron chi connectivity index (χ0n) is 10.1. The van der Waals surface area contributed by atoms with E-state index in [-0.39, 0.29) is 11.6 Å². The Kier molecular flexibility index (Phi) is 2.79. The van der Waals surface area contributed by atoms with Gasteiger partial charge >= 0.3 is 0 Å². The van der Waals surface area contributed by atoms with Crippen LogP contribution >= 0.6 is 0 Å². The summed E-state index contributed by atoms with van der Waals surface area (Å²) in [7, 11) is 0. The van der Waals surface area contributed by atoms with E-state index in [0.29, 0.717) is 5.89 Å². The van der Waals surface area contributed by atoms with Crippen LogP contribution in [0.4, 0.5) is 0 Å². The first-order chi connectivity index (χ1) is 7.98. The number of ketones is 1. The normalized spacial score (nSPS) is 11.5. The molecule has 1 aromatic carbocycles. The van der Waals surface area contributed by atoms with E-state index in [1.165, 1.54) is 0 Å². The number of carbonyl (C=O) groups excluding carboxylic acids is 1. The van der Waals surface area contributed by atoms with Gasteiger partial charge in [-0.3, -0.25) is 4.79 Å². The van der Waals surface area contributed by atoms with Crippen molar-refractivity contribution in [2.45, 2.75) is 20.8 Å². The van der Waals surface area contributed by atoms with Crippen molar-refractivity contribution in [3.8, 4) is 11.5 Å². The second kappa shape index (κ2) is 4.13. The van der Waals surface area contributed by atoms with Gasteiger partial charge in [-0.15, -0.1) is 0 Å². The summed E-state index contributed by atoms with van der Waals surface area (Å²) >= 11 is 0. The highest BCUT2D eigenvalue weighted by Gasteiger charge is 2.27. The summed E-state index contributed by atoms with van der Waals surface area (Å²) in [4.78, 5) is 16.0. The lowest BCUT2D eigenvalue weighted by Gasteiger charge is -2.12. The second-order valence-electron chi connectivity index (χ2n) is 4.87. The predicted octanol–water partition coefficient (Wildman–Crippen LogP) is 2.97. The van der Waals surface area contributed by atoms with Crippen LogP contribution in [0, 0.1) is 5.41 Å².